The molecule has 2 rings (SSSR count). The first-order valence-corrected chi connectivity index (χ1v) is 7.25. The van der Waals surface area contributed by atoms with Crippen molar-refractivity contribution in [2.75, 3.05) is 5.32 Å². The number of aromatic nitrogens is 1. The number of thiophene rings is 1. The predicted octanol–water partition coefficient (Wildman–Crippen LogP) is 3.25. The first-order chi connectivity index (χ1) is 8.56. The van der Waals surface area contributed by atoms with Gasteiger partial charge in [-0.05, 0) is 25.3 Å². The number of nitrogens with zero attached hydrogens (tertiary/aromatic N) is 1. The summed E-state index contributed by atoms with van der Waals surface area (Å²) in [6, 6.07) is 4.36. The molecule has 0 aliphatic rings. The van der Waals surface area contributed by atoms with E-state index in [2.05, 4.69) is 28.7 Å². The van der Waals surface area contributed by atoms with Gasteiger partial charge in [0.15, 0.2) is 5.13 Å². The number of anilines is 1. The topological polar surface area (TPSA) is 62.2 Å². The van der Waals surface area contributed by atoms with Gasteiger partial charge in [0, 0.05) is 17.3 Å². The van der Waals surface area contributed by atoms with Crippen molar-refractivity contribution in [1.82, 2.24) is 4.98 Å². The van der Waals surface area contributed by atoms with E-state index in [0.717, 1.165) is 6.42 Å². The Hall–Kier alpha value is -1.40. The van der Waals surface area contributed by atoms with Crippen LogP contribution in [0.3, 0.4) is 0 Å². The van der Waals surface area contributed by atoms with Gasteiger partial charge in [-0.25, -0.2) is 9.78 Å². The summed E-state index contributed by atoms with van der Waals surface area (Å²) in [5.41, 5.74) is 0.568. The average Bonchev–Trinajstić information content (AvgIpc) is 2.88. The number of rotatable bonds is 5. The maximum Gasteiger partial charge on any atom is 0.347 e. The van der Waals surface area contributed by atoms with Crippen LogP contribution in [-0.2, 0) is 6.42 Å². The zero-order chi connectivity index (χ0) is 13.1. The molecule has 0 saturated heterocycles. The molecule has 2 aromatic rings. The lowest BCUT2D eigenvalue weighted by Gasteiger charge is -2.11. The van der Waals surface area contributed by atoms with Gasteiger partial charge in [0.25, 0.3) is 0 Å². The van der Waals surface area contributed by atoms with Gasteiger partial charge < -0.3 is 10.4 Å². The van der Waals surface area contributed by atoms with Gasteiger partial charge in [-0.15, -0.1) is 11.3 Å². The van der Waals surface area contributed by atoms with Gasteiger partial charge in [0.05, 0.1) is 5.69 Å². The Labute approximate surface area is 113 Å². The molecule has 0 saturated carbocycles. The Balaban J connectivity index is 2.01. The Morgan fingerprint density at radius 2 is 2.39 bits per heavy atom. The summed E-state index contributed by atoms with van der Waals surface area (Å²) in [5.74, 6) is -0.913. The first-order valence-electron chi connectivity index (χ1n) is 5.56. The van der Waals surface area contributed by atoms with Crippen molar-refractivity contribution < 1.29 is 9.90 Å². The van der Waals surface area contributed by atoms with Crippen molar-refractivity contribution in [1.29, 1.82) is 0 Å². The number of hydrogen-bond acceptors (Lipinski definition) is 5. The molecule has 0 amide bonds. The van der Waals surface area contributed by atoms with Crippen molar-refractivity contribution in [3.63, 3.8) is 0 Å². The lowest BCUT2D eigenvalue weighted by molar-refractivity contribution is 0.0701. The Kier molecular flexibility index (Phi) is 3.98. The largest absolute Gasteiger partial charge is 0.477 e. The Morgan fingerprint density at radius 3 is 2.94 bits per heavy atom. The maximum atomic E-state index is 10.9. The third-order valence-corrected chi connectivity index (χ3v) is 4.42. The van der Waals surface area contributed by atoms with Gasteiger partial charge in [0.1, 0.15) is 4.88 Å². The predicted molar refractivity (Wildman–Crippen MR) is 74.9 cm³/mol. The van der Waals surface area contributed by atoms with E-state index < -0.39 is 5.97 Å². The van der Waals surface area contributed by atoms with Gasteiger partial charge in [0.2, 0.25) is 0 Å². The molecule has 0 bridgehead atoms. The van der Waals surface area contributed by atoms with Crippen LogP contribution in [0.1, 0.15) is 27.2 Å². The van der Waals surface area contributed by atoms with Crippen LogP contribution in [0.2, 0.25) is 0 Å². The number of thiazole rings is 1. The van der Waals surface area contributed by atoms with Crippen LogP contribution in [0, 0.1) is 6.92 Å². The molecule has 0 fully saturated rings. The molecule has 0 aromatic carbocycles. The van der Waals surface area contributed by atoms with Crippen LogP contribution in [0.5, 0.6) is 0 Å². The van der Waals surface area contributed by atoms with Gasteiger partial charge in [-0.1, -0.05) is 17.4 Å². The number of carbonyl (C=O) groups is 1. The zero-order valence-corrected chi connectivity index (χ0v) is 11.8. The second kappa shape index (κ2) is 5.49. The van der Waals surface area contributed by atoms with E-state index in [0.29, 0.717) is 15.7 Å². The second-order valence-corrected chi connectivity index (χ2v) is 6.10. The van der Waals surface area contributed by atoms with Crippen molar-refractivity contribution >= 4 is 33.8 Å². The van der Waals surface area contributed by atoms with Crippen LogP contribution in [-0.4, -0.2) is 22.1 Å². The summed E-state index contributed by atoms with van der Waals surface area (Å²) in [4.78, 5) is 16.8. The van der Waals surface area contributed by atoms with Gasteiger partial charge in [-0.2, -0.15) is 0 Å². The molecule has 0 spiro atoms. The second-order valence-electron chi connectivity index (χ2n) is 4.07. The van der Waals surface area contributed by atoms with Crippen molar-refractivity contribution in [2.24, 2.45) is 0 Å². The van der Waals surface area contributed by atoms with Gasteiger partial charge in [-0.3, -0.25) is 0 Å². The quantitative estimate of drug-likeness (QED) is 0.883. The summed E-state index contributed by atoms with van der Waals surface area (Å²) in [6.45, 7) is 3.78. The minimum atomic E-state index is -0.913. The lowest BCUT2D eigenvalue weighted by Crippen LogP contribution is -2.17. The molecule has 6 heteroatoms. The van der Waals surface area contributed by atoms with Crippen LogP contribution < -0.4 is 5.32 Å². The third-order valence-electron chi connectivity index (χ3n) is 2.45. The highest BCUT2D eigenvalue weighted by atomic mass is 32.1. The van der Waals surface area contributed by atoms with Crippen molar-refractivity contribution in [2.45, 2.75) is 26.3 Å². The monoisotopic (exact) mass is 282 g/mol. The summed E-state index contributed by atoms with van der Waals surface area (Å²) in [7, 11) is 0. The first kappa shape index (κ1) is 13.0. The number of nitrogens with one attached hydrogen (secondary N) is 1. The molecule has 0 radical (unpaired) electrons. The summed E-state index contributed by atoms with van der Waals surface area (Å²) >= 11 is 2.91. The van der Waals surface area contributed by atoms with Crippen LogP contribution in [0.15, 0.2) is 17.5 Å². The fourth-order valence-corrected chi connectivity index (χ4v) is 3.40. The van der Waals surface area contributed by atoms with E-state index in [9.17, 15) is 4.79 Å². The summed E-state index contributed by atoms with van der Waals surface area (Å²) in [6.07, 6.45) is 0.915. The van der Waals surface area contributed by atoms with E-state index in [-0.39, 0.29) is 6.04 Å². The molecule has 18 heavy (non-hydrogen) atoms. The minimum Gasteiger partial charge on any atom is -0.477 e. The molecular weight excluding hydrogens is 268 g/mol. The van der Waals surface area contributed by atoms with Gasteiger partial charge >= 0.3 is 5.97 Å². The molecule has 0 aliphatic heterocycles. The molecule has 2 heterocycles. The van der Waals surface area contributed by atoms with Crippen LogP contribution in [0.4, 0.5) is 5.13 Å². The molecular formula is C12H14N2O2S2. The fraction of sp³-hybridized carbons (Fsp3) is 0.333. The Morgan fingerprint density at radius 1 is 1.61 bits per heavy atom. The highest BCUT2D eigenvalue weighted by Gasteiger charge is 2.15. The molecule has 1 unspecified atom stereocenters. The number of carboxylic acid groups (broad SMARTS) is 1. The van der Waals surface area contributed by atoms with Crippen molar-refractivity contribution in [3.05, 3.63) is 33.0 Å². The number of hydrogen-bond donors (Lipinski definition) is 2. The van der Waals surface area contributed by atoms with E-state index in [4.69, 9.17) is 5.11 Å². The summed E-state index contributed by atoms with van der Waals surface area (Å²) in [5, 5.41) is 14.9. The molecule has 2 aromatic heterocycles. The molecule has 0 aliphatic carbocycles. The van der Waals surface area contributed by atoms with E-state index in [1.165, 1.54) is 16.2 Å². The van der Waals surface area contributed by atoms with E-state index in [1.54, 1.807) is 18.3 Å². The molecule has 96 valence electrons. The minimum absolute atomic E-state index is 0.232. The lowest BCUT2D eigenvalue weighted by atomic mass is 10.2. The number of aryl methyl sites for hydroxylation is 1. The maximum absolute atomic E-state index is 10.9. The van der Waals surface area contributed by atoms with Crippen molar-refractivity contribution in [3.8, 4) is 0 Å². The molecule has 4 nitrogen and oxygen atoms in total. The highest BCUT2D eigenvalue weighted by Crippen LogP contribution is 2.23. The number of aromatic carboxylic acids is 1. The van der Waals surface area contributed by atoms with E-state index >= 15 is 0 Å². The zero-order valence-electron chi connectivity index (χ0n) is 10.1. The smallest absolute Gasteiger partial charge is 0.347 e. The third kappa shape index (κ3) is 3.08. The van der Waals surface area contributed by atoms with E-state index in [1.807, 2.05) is 6.07 Å². The molecule has 1 atom stereocenters. The average molecular weight is 282 g/mol. The molecule has 2 N–H and O–H groups in total. The standard InChI is InChI=1S/C12H14N2O2S2/c1-7(6-9-4-3-5-17-9)13-12-14-8(2)10(18-12)11(15)16/h3-5,7H,6H2,1-2H3,(H,13,14)(H,15,16). The normalized spacial score (nSPS) is 12.3. The highest BCUT2D eigenvalue weighted by molar-refractivity contribution is 7.17. The fourth-order valence-electron chi connectivity index (χ4n) is 1.65. The SMILES string of the molecule is Cc1nc(NC(C)Cc2cccs2)sc1C(=O)O. The number of carboxylic acids is 1. The summed E-state index contributed by atoms with van der Waals surface area (Å²) < 4.78 is 0. The van der Waals surface area contributed by atoms with Crippen LogP contribution in [0.25, 0.3) is 0 Å². The Bertz CT molecular complexity index is 534. The van der Waals surface area contributed by atoms with Crippen LogP contribution >= 0.6 is 22.7 Å².